The van der Waals surface area contributed by atoms with E-state index in [1.165, 1.54) is 12.4 Å². The third kappa shape index (κ3) is 2.95. The number of carbonyl (C=O) groups is 1. The van der Waals surface area contributed by atoms with Crippen LogP contribution in [0.4, 0.5) is 0 Å². The van der Waals surface area contributed by atoms with Crippen LogP contribution >= 0.6 is 0 Å². The standard InChI is InChI=1S/C11H13N3O4/c1-7-9(11(15)16)4-8(17-7)5-12-3-2-10-13-6-14-18-10/h4,6,12H,2-3,5H2,1H3,(H,15,16). The van der Waals surface area contributed by atoms with Gasteiger partial charge in [-0.3, -0.25) is 0 Å². The summed E-state index contributed by atoms with van der Waals surface area (Å²) in [6, 6.07) is 1.53. The molecule has 0 atom stereocenters. The second-order valence-electron chi connectivity index (χ2n) is 3.75. The van der Waals surface area contributed by atoms with Gasteiger partial charge in [-0.05, 0) is 13.0 Å². The number of nitrogens with zero attached hydrogens (tertiary/aromatic N) is 2. The van der Waals surface area contributed by atoms with Gasteiger partial charge >= 0.3 is 5.97 Å². The summed E-state index contributed by atoms with van der Waals surface area (Å²) in [5.41, 5.74) is 0.198. The zero-order valence-corrected chi connectivity index (χ0v) is 9.84. The Hall–Kier alpha value is -2.15. The van der Waals surface area contributed by atoms with Crippen molar-refractivity contribution in [2.24, 2.45) is 0 Å². The van der Waals surface area contributed by atoms with Crippen LogP contribution in [0.1, 0.15) is 27.8 Å². The highest BCUT2D eigenvalue weighted by molar-refractivity contribution is 5.88. The van der Waals surface area contributed by atoms with Crippen molar-refractivity contribution in [2.45, 2.75) is 19.9 Å². The number of aryl methyl sites for hydroxylation is 1. The molecule has 0 amide bonds. The van der Waals surface area contributed by atoms with Gasteiger partial charge in [-0.15, -0.1) is 0 Å². The number of aromatic nitrogens is 2. The minimum absolute atomic E-state index is 0.198. The molecule has 0 radical (unpaired) electrons. The lowest BCUT2D eigenvalue weighted by atomic mass is 10.2. The highest BCUT2D eigenvalue weighted by atomic mass is 16.5. The quantitative estimate of drug-likeness (QED) is 0.738. The molecular formula is C11H13N3O4. The fraction of sp³-hybridized carbons (Fsp3) is 0.364. The van der Waals surface area contributed by atoms with Crippen LogP contribution in [0.5, 0.6) is 0 Å². The summed E-state index contributed by atoms with van der Waals surface area (Å²) in [5.74, 6) is 0.587. The number of hydrogen-bond acceptors (Lipinski definition) is 6. The average molecular weight is 251 g/mol. The van der Waals surface area contributed by atoms with Crippen LogP contribution in [0, 0.1) is 6.92 Å². The summed E-state index contributed by atoms with van der Waals surface area (Å²) >= 11 is 0. The van der Waals surface area contributed by atoms with Gasteiger partial charge in [-0.2, -0.15) is 4.98 Å². The van der Waals surface area contributed by atoms with E-state index in [-0.39, 0.29) is 5.56 Å². The maximum atomic E-state index is 10.8. The Morgan fingerprint density at radius 3 is 3.00 bits per heavy atom. The van der Waals surface area contributed by atoms with Crippen molar-refractivity contribution in [3.8, 4) is 0 Å². The van der Waals surface area contributed by atoms with Crippen molar-refractivity contribution in [3.63, 3.8) is 0 Å². The summed E-state index contributed by atoms with van der Waals surface area (Å²) in [5, 5.41) is 15.5. The van der Waals surface area contributed by atoms with Crippen LogP contribution < -0.4 is 5.32 Å². The third-order valence-corrected chi connectivity index (χ3v) is 2.42. The summed E-state index contributed by atoms with van der Waals surface area (Å²) in [4.78, 5) is 14.7. The molecule has 0 aromatic carbocycles. The van der Waals surface area contributed by atoms with E-state index in [0.29, 0.717) is 36.9 Å². The van der Waals surface area contributed by atoms with Crippen LogP contribution in [0.15, 0.2) is 21.3 Å². The van der Waals surface area contributed by atoms with E-state index in [0.717, 1.165) is 0 Å². The molecule has 2 heterocycles. The summed E-state index contributed by atoms with van der Waals surface area (Å²) in [6.45, 7) is 2.73. The summed E-state index contributed by atoms with van der Waals surface area (Å²) in [7, 11) is 0. The van der Waals surface area contributed by atoms with E-state index in [2.05, 4.69) is 15.5 Å². The van der Waals surface area contributed by atoms with Crippen molar-refractivity contribution < 1.29 is 18.8 Å². The molecular weight excluding hydrogens is 238 g/mol. The molecule has 2 aromatic rings. The molecule has 0 aliphatic carbocycles. The van der Waals surface area contributed by atoms with E-state index in [1.54, 1.807) is 6.92 Å². The van der Waals surface area contributed by atoms with Gasteiger partial charge in [0.15, 0.2) is 6.33 Å². The van der Waals surface area contributed by atoms with Crippen LogP contribution in [-0.4, -0.2) is 27.8 Å². The van der Waals surface area contributed by atoms with E-state index in [9.17, 15) is 4.79 Å². The number of aromatic carboxylic acids is 1. The average Bonchev–Trinajstić information content (AvgIpc) is 2.94. The number of furan rings is 1. The molecule has 0 saturated heterocycles. The van der Waals surface area contributed by atoms with Gasteiger partial charge in [-0.1, -0.05) is 5.16 Å². The highest BCUT2D eigenvalue weighted by Crippen LogP contribution is 2.14. The molecule has 2 rings (SSSR count). The largest absolute Gasteiger partial charge is 0.478 e. The van der Waals surface area contributed by atoms with E-state index < -0.39 is 5.97 Å². The van der Waals surface area contributed by atoms with E-state index in [4.69, 9.17) is 14.0 Å². The predicted octanol–water partition coefficient (Wildman–Crippen LogP) is 1.00. The zero-order chi connectivity index (χ0) is 13.0. The Kier molecular flexibility index (Phi) is 3.73. The SMILES string of the molecule is Cc1oc(CNCCc2ncno2)cc1C(=O)O. The third-order valence-electron chi connectivity index (χ3n) is 2.42. The summed E-state index contributed by atoms with van der Waals surface area (Å²) < 4.78 is 10.2. The van der Waals surface area contributed by atoms with E-state index in [1.807, 2.05) is 0 Å². The fourth-order valence-electron chi connectivity index (χ4n) is 1.56. The van der Waals surface area contributed by atoms with Crippen molar-refractivity contribution in [1.29, 1.82) is 0 Å². The molecule has 2 aromatic heterocycles. The molecule has 18 heavy (non-hydrogen) atoms. The molecule has 0 unspecified atom stereocenters. The molecule has 0 fully saturated rings. The Labute approximate surface area is 103 Å². The second kappa shape index (κ2) is 5.46. The molecule has 7 heteroatoms. The number of hydrogen-bond donors (Lipinski definition) is 2. The van der Waals surface area contributed by atoms with Crippen LogP contribution in [0.3, 0.4) is 0 Å². The first-order chi connectivity index (χ1) is 8.66. The Bertz CT molecular complexity index is 518. The lowest BCUT2D eigenvalue weighted by Gasteiger charge is -1.99. The van der Waals surface area contributed by atoms with Gasteiger partial charge in [0.25, 0.3) is 0 Å². The van der Waals surface area contributed by atoms with Gasteiger partial charge in [0, 0.05) is 13.0 Å². The van der Waals surface area contributed by atoms with Gasteiger partial charge in [0.05, 0.1) is 6.54 Å². The van der Waals surface area contributed by atoms with Crippen molar-refractivity contribution in [1.82, 2.24) is 15.5 Å². The lowest BCUT2D eigenvalue weighted by molar-refractivity contribution is 0.0695. The van der Waals surface area contributed by atoms with Crippen molar-refractivity contribution in [2.75, 3.05) is 6.54 Å². The van der Waals surface area contributed by atoms with Crippen molar-refractivity contribution in [3.05, 3.63) is 35.4 Å². The smallest absolute Gasteiger partial charge is 0.339 e. The molecule has 0 spiro atoms. The van der Waals surface area contributed by atoms with Gasteiger partial charge in [-0.25, -0.2) is 4.79 Å². The maximum absolute atomic E-state index is 10.8. The Morgan fingerprint density at radius 1 is 1.56 bits per heavy atom. The molecule has 2 N–H and O–H groups in total. The first-order valence-corrected chi connectivity index (χ1v) is 5.45. The number of carboxylic acids is 1. The topological polar surface area (TPSA) is 101 Å². The lowest BCUT2D eigenvalue weighted by Crippen LogP contribution is -2.16. The van der Waals surface area contributed by atoms with Gasteiger partial charge in [0.2, 0.25) is 5.89 Å². The zero-order valence-electron chi connectivity index (χ0n) is 9.84. The number of carboxylic acid groups (broad SMARTS) is 1. The van der Waals surface area contributed by atoms with E-state index >= 15 is 0 Å². The Morgan fingerprint density at radius 2 is 2.39 bits per heavy atom. The first-order valence-electron chi connectivity index (χ1n) is 5.45. The molecule has 7 nitrogen and oxygen atoms in total. The summed E-state index contributed by atoms with van der Waals surface area (Å²) in [6.07, 6.45) is 1.97. The molecule has 0 aliphatic rings. The van der Waals surface area contributed by atoms with Crippen LogP contribution in [0.25, 0.3) is 0 Å². The van der Waals surface area contributed by atoms with Crippen LogP contribution in [0.2, 0.25) is 0 Å². The minimum atomic E-state index is -0.978. The van der Waals surface area contributed by atoms with Gasteiger partial charge in [0.1, 0.15) is 17.1 Å². The monoisotopic (exact) mass is 251 g/mol. The Balaban J connectivity index is 1.80. The predicted molar refractivity (Wildman–Crippen MR) is 60.1 cm³/mol. The van der Waals surface area contributed by atoms with Gasteiger partial charge < -0.3 is 19.4 Å². The number of rotatable bonds is 6. The molecule has 0 bridgehead atoms. The molecule has 0 aliphatic heterocycles. The minimum Gasteiger partial charge on any atom is -0.478 e. The van der Waals surface area contributed by atoms with Crippen molar-refractivity contribution >= 4 is 5.97 Å². The fourth-order valence-corrected chi connectivity index (χ4v) is 1.56. The second-order valence-corrected chi connectivity index (χ2v) is 3.75. The molecule has 96 valence electrons. The first kappa shape index (κ1) is 12.3. The molecule has 0 saturated carbocycles. The van der Waals surface area contributed by atoms with Crippen LogP contribution in [-0.2, 0) is 13.0 Å². The number of nitrogens with one attached hydrogen (secondary N) is 1. The maximum Gasteiger partial charge on any atom is 0.339 e. The highest BCUT2D eigenvalue weighted by Gasteiger charge is 2.13. The normalized spacial score (nSPS) is 10.7.